The monoisotopic (exact) mass is 258 g/mol. The van der Waals surface area contributed by atoms with Crippen molar-refractivity contribution < 1.29 is 14.3 Å². The van der Waals surface area contributed by atoms with E-state index in [2.05, 4.69) is 10.2 Å². The molecule has 1 saturated heterocycles. The average molecular weight is 258 g/mol. The first-order valence-corrected chi connectivity index (χ1v) is 6.62. The van der Waals surface area contributed by atoms with E-state index in [-0.39, 0.29) is 6.09 Å². The van der Waals surface area contributed by atoms with Crippen LogP contribution >= 0.6 is 0 Å². The van der Waals surface area contributed by atoms with Crippen LogP contribution in [0.15, 0.2) is 0 Å². The molecular weight excluding hydrogens is 232 g/mol. The van der Waals surface area contributed by atoms with Gasteiger partial charge in [0, 0.05) is 26.2 Å². The first-order valence-electron chi connectivity index (χ1n) is 6.62. The zero-order valence-electron chi connectivity index (χ0n) is 12.0. The minimum absolute atomic E-state index is 0.343. The van der Waals surface area contributed by atoms with Crippen LogP contribution in [0.2, 0.25) is 0 Å². The Balaban J connectivity index is 2.19. The van der Waals surface area contributed by atoms with E-state index >= 15 is 0 Å². The maximum absolute atomic E-state index is 11.5. The van der Waals surface area contributed by atoms with Crippen LogP contribution in [-0.2, 0) is 9.47 Å². The first-order chi connectivity index (χ1) is 8.42. The summed E-state index contributed by atoms with van der Waals surface area (Å²) in [7, 11) is 1.73. The van der Waals surface area contributed by atoms with Crippen molar-refractivity contribution in [3.63, 3.8) is 0 Å². The molecule has 0 bridgehead atoms. The van der Waals surface area contributed by atoms with Gasteiger partial charge in [0.1, 0.15) is 5.60 Å². The summed E-state index contributed by atoms with van der Waals surface area (Å²) in [5.74, 6) is 0. The van der Waals surface area contributed by atoms with Gasteiger partial charge in [-0.3, -0.25) is 4.90 Å². The summed E-state index contributed by atoms with van der Waals surface area (Å²) >= 11 is 0. The Kier molecular flexibility index (Phi) is 5.88. The molecule has 5 heteroatoms. The molecule has 1 fully saturated rings. The number of alkyl carbamates (subject to hydrolysis) is 1. The molecule has 0 aliphatic carbocycles. The molecule has 1 amide bonds. The van der Waals surface area contributed by atoms with Gasteiger partial charge in [-0.2, -0.15) is 0 Å². The molecule has 0 aromatic rings. The van der Waals surface area contributed by atoms with Gasteiger partial charge in [-0.05, 0) is 40.2 Å². The molecule has 0 aromatic carbocycles. The maximum Gasteiger partial charge on any atom is 0.407 e. The minimum atomic E-state index is -0.434. The van der Waals surface area contributed by atoms with Gasteiger partial charge in [-0.1, -0.05) is 0 Å². The molecule has 0 unspecified atom stereocenters. The van der Waals surface area contributed by atoms with Gasteiger partial charge >= 0.3 is 6.09 Å². The number of carbonyl (C=O) groups is 1. The Hall–Kier alpha value is -0.810. The number of nitrogens with zero attached hydrogens (tertiary/aromatic N) is 1. The van der Waals surface area contributed by atoms with Crippen molar-refractivity contribution in [2.45, 2.75) is 45.3 Å². The Morgan fingerprint density at radius 1 is 1.44 bits per heavy atom. The van der Waals surface area contributed by atoms with E-state index in [4.69, 9.17) is 9.47 Å². The first kappa shape index (κ1) is 15.2. The largest absolute Gasteiger partial charge is 0.444 e. The molecule has 18 heavy (non-hydrogen) atoms. The predicted molar refractivity (Wildman–Crippen MR) is 70.7 cm³/mol. The summed E-state index contributed by atoms with van der Waals surface area (Å²) in [5.41, 5.74) is -0.434. The van der Waals surface area contributed by atoms with E-state index < -0.39 is 5.60 Å². The second-order valence-corrected chi connectivity index (χ2v) is 5.72. The van der Waals surface area contributed by atoms with E-state index in [0.29, 0.717) is 12.6 Å². The number of amides is 1. The smallest absolute Gasteiger partial charge is 0.407 e. The Bertz CT molecular complexity index is 263. The Morgan fingerprint density at radius 3 is 2.78 bits per heavy atom. The van der Waals surface area contributed by atoms with Gasteiger partial charge in [0.2, 0.25) is 0 Å². The van der Waals surface area contributed by atoms with Gasteiger partial charge in [-0.25, -0.2) is 4.79 Å². The average Bonchev–Trinajstić information content (AvgIpc) is 2.64. The molecular formula is C13H26N2O3. The maximum atomic E-state index is 11.5. The zero-order chi connectivity index (χ0) is 13.6. The lowest BCUT2D eigenvalue weighted by atomic mass is 10.2. The number of nitrogens with one attached hydrogen (secondary N) is 1. The third-order valence-electron chi connectivity index (χ3n) is 2.93. The van der Waals surface area contributed by atoms with Crippen molar-refractivity contribution in [2.24, 2.45) is 0 Å². The fourth-order valence-electron chi connectivity index (χ4n) is 2.19. The summed E-state index contributed by atoms with van der Waals surface area (Å²) in [4.78, 5) is 13.8. The van der Waals surface area contributed by atoms with E-state index in [1.54, 1.807) is 7.11 Å². The number of ether oxygens (including phenoxy) is 2. The molecule has 0 radical (unpaired) electrons. The lowest BCUT2D eigenvalue weighted by Gasteiger charge is -2.24. The molecule has 1 N–H and O–H groups in total. The van der Waals surface area contributed by atoms with Crippen LogP contribution < -0.4 is 5.32 Å². The van der Waals surface area contributed by atoms with E-state index in [1.165, 1.54) is 12.8 Å². The van der Waals surface area contributed by atoms with Crippen molar-refractivity contribution in [1.29, 1.82) is 0 Å². The van der Waals surface area contributed by atoms with Gasteiger partial charge < -0.3 is 14.8 Å². The molecule has 5 nitrogen and oxygen atoms in total. The zero-order valence-corrected chi connectivity index (χ0v) is 12.0. The Labute approximate surface area is 110 Å². The van der Waals surface area contributed by atoms with Gasteiger partial charge in [0.25, 0.3) is 0 Å². The van der Waals surface area contributed by atoms with E-state index in [9.17, 15) is 4.79 Å². The van der Waals surface area contributed by atoms with Crippen LogP contribution in [0.25, 0.3) is 0 Å². The normalized spacial score (nSPS) is 21.0. The van der Waals surface area contributed by atoms with Gasteiger partial charge in [0.15, 0.2) is 0 Å². The van der Waals surface area contributed by atoms with Crippen LogP contribution in [0.4, 0.5) is 4.79 Å². The van der Waals surface area contributed by atoms with Crippen molar-refractivity contribution in [1.82, 2.24) is 10.2 Å². The highest BCUT2D eigenvalue weighted by Crippen LogP contribution is 2.16. The highest BCUT2D eigenvalue weighted by atomic mass is 16.6. The molecule has 106 valence electrons. The fraction of sp³-hybridized carbons (Fsp3) is 0.923. The predicted octanol–water partition coefficient (Wildman–Crippen LogP) is 1.62. The lowest BCUT2D eigenvalue weighted by molar-refractivity contribution is 0.0516. The van der Waals surface area contributed by atoms with Crippen LogP contribution in [-0.4, -0.2) is 56.0 Å². The lowest BCUT2D eigenvalue weighted by Crippen LogP contribution is -2.40. The van der Waals surface area contributed by atoms with Crippen molar-refractivity contribution in [3.05, 3.63) is 0 Å². The number of hydrogen-bond donors (Lipinski definition) is 1. The second kappa shape index (κ2) is 6.95. The molecule has 1 rings (SSSR count). The number of carbonyl (C=O) groups excluding carboxylic acids is 1. The van der Waals surface area contributed by atoms with Crippen molar-refractivity contribution in [3.8, 4) is 0 Å². The van der Waals surface area contributed by atoms with Crippen LogP contribution in [0.5, 0.6) is 0 Å². The SMILES string of the molecule is COC[C@H]1CCCN1CCNC(=O)OC(C)(C)C. The standard InChI is InChI=1S/C13H26N2O3/c1-13(2,3)18-12(16)14-7-9-15-8-5-6-11(15)10-17-4/h11H,5-10H2,1-4H3,(H,14,16)/t11-/m1/s1. The van der Waals surface area contributed by atoms with Crippen molar-refractivity contribution >= 4 is 6.09 Å². The quantitative estimate of drug-likeness (QED) is 0.814. The van der Waals surface area contributed by atoms with E-state index in [1.807, 2.05) is 20.8 Å². The molecule has 0 saturated carbocycles. The number of methoxy groups -OCH3 is 1. The van der Waals surface area contributed by atoms with Gasteiger partial charge in [0.05, 0.1) is 6.61 Å². The number of hydrogen-bond acceptors (Lipinski definition) is 4. The van der Waals surface area contributed by atoms with Crippen LogP contribution in [0, 0.1) is 0 Å². The van der Waals surface area contributed by atoms with Crippen LogP contribution in [0.1, 0.15) is 33.6 Å². The molecule has 0 aromatic heterocycles. The molecule has 1 aliphatic heterocycles. The molecule has 1 aliphatic rings. The molecule has 1 heterocycles. The van der Waals surface area contributed by atoms with Crippen LogP contribution in [0.3, 0.4) is 0 Å². The summed E-state index contributed by atoms with van der Waals surface area (Å²) in [6.07, 6.45) is 2.05. The molecule has 0 spiro atoms. The Morgan fingerprint density at radius 2 is 2.17 bits per heavy atom. The topological polar surface area (TPSA) is 50.8 Å². The highest BCUT2D eigenvalue weighted by Gasteiger charge is 2.24. The summed E-state index contributed by atoms with van der Waals surface area (Å²) in [6.45, 7) is 8.92. The van der Waals surface area contributed by atoms with E-state index in [0.717, 1.165) is 19.7 Å². The number of likely N-dealkylation sites (tertiary alicyclic amines) is 1. The molecule has 1 atom stereocenters. The van der Waals surface area contributed by atoms with Crippen molar-refractivity contribution in [2.75, 3.05) is 33.4 Å². The minimum Gasteiger partial charge on any atom is -0.444 e. The third-order valence-corrected chi connectivity index (χ3v) is 2.93. The highest BCUT2D eigenvalue weighted by molar-refractivity contribution is 5.67. The summed E-state index contributed by atoms with van der Waals surface area (Å²) in [6, 6.07) is 0.496. The fourth-order valence-corrected chi connectivity index (χ4v) is 2.19. The third kappa shape index (κ3) is 5.69. The summed E-state index contributed by atoms with van der Waals surface area (Å²) < 4.78 is 10.4. The van der Waals surface area contributed by atoms with Gasteiger partial charge in [-0.15, -0.1) is 0 Å². The number of rotatable bonds is 5. The second-order valence-electron chi connectivity index (χ2n) is 5.72. The summed E-state index contributed by atoms with van der Waals surface area (Å²) in [5, 5.41) is 2.79.